The molecule has 29 heavy (non-hydrogen) atoms. The van der Waals surface area contributed by atoms with Crippen molar-refractivity contribution in [2.75, 3.05) is 26.4 Å². The number of rotatable bonds is 7. The lowest BCUT2D eigenvalue weighted by Gasteiger charge is -2.28. The average Bonchev–Trinajstić information content (AvgIpc) is 3.07. The fraction of sp³-hybridized carbons (Fsp3) is 0.565. The van der Waals surface area contributed by atoms with Crippen LogP contribution < -0.4 is 5.32 Å². The molecule has 1 aromatic carbocycles. The number of aliphatic hydroxyl groups is 2. The number of nitrogens with one attached hydrogen (secondary N) is 1. The van der Waals surface area contributed by atoms with Crippen LogP contribution in [-0.2, 0) is 11.2 Å². The summed E-state index contributed by atoms with van der Waals surface area (Å²) in [5, 5.41) is 24.1. The maximum atomic E-state index is 10.5. The number of hydrogen-bond acceptors (Lipinski definition) is 6. The van der Waals surface area contributed by atoms with Crippen LogP contribution in [0.5, 0.6) is 0 Å². The number of benzene rings is 1. The highest BCUT2D eigenvalue weighted by molar-refractivity contribution is 5.54. The Balaban J connectivity index is 1.46. The molecule has 1 saturated heterocycles. The van der Waals surface area contributed by atoms with Gasteiger partial charge in [-0.25, -0.2) is 9.97 Å². The van der Waals surface area contributed by atoms with Gasteiger partial charge in [0.05, 0.1) is 6.10 Å². The molecule has 4 atom stereocenters. The van der Waals surface area contributed by atoms with Gasteiger partial charge >= 0.3 is 0 Å². The third-order valence-electron chi connectivity index (χ3n) is 6.47. The molecule has 1 saturated carbocycles. The Morgan fingerprint density at radius 1 is 1.07 bits per heavy atom. The summed E-state index contributed by atoms with van der Waals surface area (Å²) in [6.45, 7) is 2.61. The van der Waals surface area contributed by atoms with Crippen LogP contribution in [-0.4, -0.2) is 58.7 Å². The average molecular weight is 398 g/mol. The summed E-state index contributed by atoms with van der Waals surface area (Å²) in [5.41, 5.74) is 1.95. The predicted molar refractivity (Wildman–Crippen MR) is 111 cm³/mol. The molecule has 0 spiro atoms. The van der Waals surface area contributed by atoms with Crippen molar-refractivity contribution in [1.29, 1.82) is 0 Å². The number of hydrogen-bond donors (Lipinski definition) is 3. The van der Waals surface area contributed by atoms with Gasteiger partial charge in [-0.3, -0.25) is 0 Å². The van der Waals surface area contributed by atoms with Crippen LogP contribution in [0.25, 0.3) is 11.4 Å². The standard InChI is InChI=1S/C23H31N3O3/c27-15-20-19(21(13-22(20)28)25-14-16-7-10-29-11-8-16)12-18-6-9-24-23(26-18)17-4-2-1-3-5-17/h1-6,9,16,19-22,25,27-28H,7-8,10-15H2/t19-,20-,21-,22-/m1/s1. The van der Waals surface area contributed by atoms with Gasteiger partial charge in [-0.1, -0.05) is 30.3 Å². The van der Waals surface area contributed by atoms with E-state index in [4.69, 9.17) is 9.72 Å². The highest BCUT2D eigenvalue weighted by Gasteiger charge is 2.42. The molecule has 0 unspecified atom stereocenters. The SMILES string of the molecule is OC[C@@H]1[C@@H](Cc2ccnc(-c3ccccc3)n2)[C@H](NCC2CCOCC2)C[C@H]1O. The van der Waals surface area contributed by atoms with Gasteiger partial charge in [0.25, 0.3) is 0 Å². The van der Waals surface area contributed by atoms with Crippen LogP contribution in [0.1, 0.15) is 25.0 Å². The molecule has 2 aliphatic rings. The zero-order valence-electron chi connectivity index (χ0n) is 16.8. The van der Waals surface area contributed by atoms with Crippen molar-refractivity contribution in [3.63, 3.8) is 0 Å². The van der Waals surface area contributed by atoms with E-state index in [0.717, 1.165) is 50.3 Å². The second-order valence-corrected chi connectivity index (χ2v) is 8.33. The Labute approximate surface area is 172 Å². The Bertz CT molecular complexity index is 767. The lowest BCUT2D eigenvalue weighted by Crippen LogP contribution is -2.40. The summed E-state index contributed by atoms with van der Waals surface area (Å²) in [6.07, 6.45) is 4.89. The zero-order chi connectivity index (χ0) is 20.1. The van der Waals surface area contributed by atoms with Crippen LogP contribution in [0.4, 0.5) is 0 Å². The molecule has 6 nitrogen and oxygen atoms in total. The molecule has 4 rings (SSSR count). The molecule has 2 heterocycles. The van der Waals surface area contributed by atoms with Crippen LogP contribution in [0, 0.1) is 17.8 Å². The minimum Gasteiger partial charge on any atom is -0.396 e. The van der Waals surface area contributed by atoms with E-state index in [1.807, 2.05) is 36.4 Å². The highest BCUT2D eigenvalue weighted by Crippen LogP contribution is 2.35. The van der Waals surface area contributed by atoms with Gasteiger partial charge in [-0.2, -0.15) is 0 Å². The van der Waals surface area contributed by atoms with E-state index in [2.05, 4.69) is 10.3 Å². The van der Waals surface area contributed by atoms with Gasteiger partial charge in [-0.15, -0.1) is 0 Å². The highest BCUT2D eigenvalue weighted by atomic mass is 16.5. The minimum atomic E-state index is -0.479. The van der Waals surface area contributed by atoms with Crippen LogP contribution in [0.15, 0.2) is 42.6 Å². The van der Waals surface area contributed by atoms with E-state index in [-0.39, 0.29) is 24.5 Å². The maximum Gasteiger partial charge on any atom is 0.159 e. The van der Waals surface area contributed by atoms with Crippen molar-refractivity contribution >= 4 is 0 Å². The first-order valence-electron chi connectivity index (χ1n) is 10.7. The lowest BCUT2D eigenvalue weighted by atomic mass is 9.88. The van der Waals surface area contributed by atoms with Gasteiger partial charge in [0.1, 0.15) is 0 Å². The summed E-state index contributed by atoms with van der Waals surface area (Å²) < 4.78 is 5.46. The molecule has 6 heteroatoms. The van der Waals surface area contributed by atoms with Gasteiger partial charge in [-0.05, 0) is 50.1 Å². The minimum absolute atomic E-state index is 0.00208. The summed E-state index contributed by atoms with van der Waals surface area (Å²) in [4.78, 5) is 9.18. The largest absolute Gasteiger partial charge is 0.396 e. The molecule has 2 aromatic rings. The van der Waals surface area contributed by atoms with Gasteiger partial charge in [0.15, 0.2) is 5.82 Å². The molecule has 1 aromatic heterocycles. The molecule has 156 valence electrons. The summed E-state index contributed by atoms with van der Waals surface area (Å²) in [5.74, 6) is 1.36. The molecule has 1 aliphatic heterocycles. The first-order valence-corrected chi connectivity index (χ1v) is 10.7. The van der Waals surface area contributed by atoms with Crippen molar-refractivity contribution in [3.05, 3.63) is 48.3 Å². The molecule has 0 amide bonds. The van der Waals surface area contributed by atoms with Crippen molar-refractivity contribution in [1.82, 2.24) is 15.3 Å². The summed E-state index contributed by atoms with van der Waals surface area (Å²) >= 11 is 0. The van der Waals surface area contributed by atoms with E-state index >= 15 is 0 Å². The molecule has 0 radical (unpaired) electrons. The Morgan fingerprint density at radius 3 is 2.62 bits per heavy atom. The van der Waals surface area contributed by atoms with Crippen molar-refractivity contribution in [2.24, 2.45) is 17.8 Å². The Morgan fingerprint density at radius 2 is 1.86 bits per heavy atom. The third-order valence-corrected chi connectivity index (χ3v) is 6.47. The molecule has 2 fully saturated rings. The molecule has 3 N–H and O–H groups in total. The fourth-order valence-electron chi connectivity index (χ4n) is 4.73. The summed E-state index contributed by atoms with van der Waals surface area (Å²) in [6, 6.07) is 12.1. The van der Waals surface area contributed by atoms with Crippen LogP contribution in [0.3, 0.4) is 0 Å². The van der Waals surface area contributed by atoms with Gasteiger partial charge < -0.3 is 20.3 Å². The molecular weight excluding hydrogens is 366 g/mol. The monoisotopic (exact) mass is 397 g/mol. The third kappa shape index (κ3) is 5.01. The van der Waals surface area contributed by atoms with Crippen molar-refractivity contribution < 1.29 is 14.9 Å². The van der Waals surface area contributed by atoms with Gasteiger partial charge in [0, 0.05) is 49.2 Å². The fourth-order valence-corrected chi connectivity index (χ4v) is 4.73. The molecule has 0 bridgehead atoms. The normalized spacial score (nSPS) is 27.9. The van der Waals surface area contributed by atoms with Gasteiger partial charge in [0.2, 0.25) is 0 Å². The number of ether oxygens (including phenoxy) is 1. The Kier molecular flexibility index (Phi) is 6.87. The number of nitrogens with zero attached hydrogens (tertiary/aromatic N) is 2. The second-order valence-electron chi connectivity index (χ2n) is 8.33. The maximum absolute atomic E-state index is 10.5. The van der Waals surface area contributed by atoms with E-state index in [1.165, 1.54) is 0 Å². The lowest BCUT2D eigenvalue weighted by molar-refractivity contribution is 0.0642. The van der Waals surface area contributed by atoms with Crippen molar-refractivity contribution in [2.45, 2.75) is 37.8 Å². The summed E-state index contributed by atoms with van der Waals surface area (Å²) in [7, 11) is 0. The zero-order valence-corrected chi connectivity index (χ0v) is 16.8. The van der Waals surface area contributed by atoms with Crippen LogP contribution >= 0.6 is 0 Å². The number of aliphatic hydroxyl groups excluding tert-OH is 2. The first kappa shape index (κ1) is 20.4. The topological polar surface area (TPSA) is 87.5 Å². The van der Waals surface area contributed by atoms with E-state index in [1.54, 1.807) is 6.20 Å². The van der Waals surface area contributed by atoms with Crippen LogP contribution in [0.2, 0.25) is 0 Å². The smallest absolute Gasteiger partial charge is 0.159 e. The van der Waals surface area contributed by atoms with E-state index < -0.39 is 6.10 Å². The number of aromatic nitrogens is 2. The Hall–Kier alpha value is -1.86. The second kappa shape index (κ2) is 9.76. The quantitative estimate of drug-likeness (QED) is 0.663. The van der Waals surface area contributed by atoms with Crippen molar-refractivity contribution in [3.8, 4) is 11.4 Å². The van der Waals surface area contributed by atoms with E-state index in [9.17, 15) is 10.2 Å². The predicted octanol–water partition coefficient (Wildman–Crippen LogP) is 2.06. The van der Waals surface area contributed by atoms with E-state index in [0.29, 0.717) is 18.2 Å². The molecular formula is C23H31N3O3. The first-order chi connectivity index (χ1) is 14.2. The molecule has 1 aliphatic carbocycles.